The first kappa shape index (κ1) is 13.9. The third-order valence-electron chi connectivity index (χ3n) is 9.82. The summed E-state index contributed by atoms with van der Waals surface area (Å²) in [5.41, 5.74) is 1.81. The average molecular weight is 264 g/mol. The highest BCUT2D eigenvalue weighted by molar-refractivity contribution is 5.42. The van der Waals surface area contributed by atoms with Crippen molar-refractivity contribution >= 4 is 0 Å². The molecular formula is C18H32O. The monoisotopic (exact) mass is 264 g/mol. The van der Waals surface area contributed by atoms with Crippen molar-refractivity contribution in [2.24, 2.45) is 32.5 Å². The van der Waals surface area contributed by atoms with Crippen LogP contribution in [0.25, 0.3) is 0 Å². The second-order valence-corrected chi connectivity index (χ2v) is 9.66. The normalized spacial score (nSPS) is 59.7. The highest BCUT2D eigenvalue weighted by Crippen LogP contribution is 2.96. The van der Waals surface area contributed by atoms with E-state index in [0.717, 1.165) is 0 Å². The van der Waals surface area contributed by atoms with Crippen molar-refractivity contribution in [2.45, 2.75) is 81.4 Å². The number of fused-ring (bicyclic) bond motifs is 3. The van der Waals surface area contributed by atoms with E-state index in [1.165, 1.54) is 0 Å². The zero-order valence-electron chi connectivity index (χ0n) is 14.6. The minimum atomic E-state index is 0.233. The third kappa shape index (κ3) is 0.836. The summed E-state index contributed by atoms with van der Waals surface area (Å²) < 4.78 is 6.60. The SMILES string of the molecule is CC1O[C@H]2[C@@](C)(C1(C)C)C(C)(C)[C@]1(C)C(C)(C)[C@]21C. The molecule has 1 heterocycles. The molecule has 0 radical (unpaired) electrons. The number of hydrogen-bond donors (Lipinski definition) is 0. The van der Waals surface area contributed by atoms with Gasteiger partial charge in [0.2, 0.25) is 0 Å². The molecule has 1 aliphatic heterocycles. The molecule has 0 amide bonds. The molecule has 0 N–H and O–H groups in total. The number of ether oxygens (including phenoxy) is 1. The van der Waals surface area contributed by atoms with Crippen LogP contribution in [0.4, 0.5) is 0 Å². The van der Waals surface area contributed by atoms with Gasteiger partial charge in [0.15, 0.2) is 0 Å². The molecule has 19 heavy (non-hydrogen) atoms. The van der Waals surface area contributed by atoms with Crippen LogP contribution in [0.3, 0.4) is 0 Å². The second kappa shape index (κ2) is 2.80. The second-order valence-electron chi connectivity index (χ2n) is 9.66. The van der Waals surface area contributed by atoms with Crippen molar-refractivity contribution in [1.29, 1.82) is 0 Å². The standard InChI is InChI=1S/C18H32O/c1-11-13(2,3)16(8)12(19-11)17(9)15(6,7)18(17,10)14(16,4)5/h11-12H,1-10H3/t11?,12-,16-,17-,18+/m0/s1. The van der Waals surface area contributed by atoms with E-state index in [1.807, 2.05) is 0 Å². The Morgan fingerprint density at radius 1 is 0.684 bits per heavy atom. The first-order valence-corrected chi connectivity index (χ1v) is 7.91. The molecule has 1 nitrogen and oxygen atoms in total. The molecule has 2 saturated carbocycles. The van der Waals surface area contributed by atoms with Crippen LogP contribution in [0.5, 0.6) is 0 Å². The summed E-state index contributed by atoms with van der Waals surface area (Å²) in [6, 6.07) is 0. The quantitative estimate of drug-likeness (QED) is 0.605. The lowest BCUT2D eigenvalue weighted by atomic mass is 9.49. The summed E-state index contributed by atoms with van der Waals surface area (Å²) >= 11 is 0. The fourth-order valence-electron chi connectivity index (χ4n) is 7.04. The lowest BCUT2D eigenvalue weighted by Crippen LogP contribution is -2.52. The van der Waals surface area contributed by atoms with Gasteiger partial charge in [-0.1, -0.05) is 62.3 Å². The van der Waals surface area contributed by atoms with Crippen LogP contribution in [0.15, 0.2) is 0 Å². The van der Waals surface area contributed by atoms with Crippen LogP contribution in [0.1, 0.15) is 69.2 Å². The Kier molecular flexibility index (Phi) is 2.05. The van der Waals surface area contributed by atoms with E-state index in [1.54, 1.807) is 0 Å². The predicted molar refractivity (Wildman–Crippen MR) is 80.0 cm³/mol. The topological polar surface area (TPSA) is 9.23 Å². The first-order chi connectivity index (χ1) is 8.26. The van der Waals surface area contributed by atoms with E-state index < -0.39 is 0 Å². The molecule has 110 valence electrons. The van der Waals surface area contributed by atoms with Crippen molar-refractivity contribution in [1.82, 2.24) is 0 Å². The van der Waals surface area contributed by atoms with E-state index in [9.17, 15) is 0 Å². The molecule has 3 aliphatic rings. The van der Waals surface area contributed by atoms with Crippen molar-refractivity contribution in [3.8, 4) is 0 Å². The summed E-state index contributed by atoms with van der Waals surface area (Å²) in [5.74, 6) is 0. The summed E-state index contributed by atoms with van der Waals surface area (Å²) in [4.78, 5) is 0. The van der Waals surface area contributed by atoms with Gasteiger partial charge in [-0.25, -0.2) is 0 Å². The molecule has 0 bridgehead atoms. The van der Waals surface area contributed by atoms with Gasteiger partial charge < -0.3 is 4.74 Å². The van der Waals surface area contributed by atoms with Gasteiger partial charge in [-0.05, 0) is 28.6 Å². The van der Waals surface area contributed by atoms with E-state index in [4.69, 9.17) is 4.74 Å². The fraction of sp³-hybridized carbons (Fsp3) is 1.00. The smallest absolute Gasteiger partial charge is 0.0708 e. The Hall–Kier alpha value is -0.0400. The molecule has 5 atom stereocenters. The van der Waals surface area contributed by atoms with Gasteiger partial charge in [0.25, 0.3) is 0 Å². The van der Waals surface area contributed by atoms with Crippen LogP contribution in [0.2, 0.25) is 0 Å². The third-order valence-corrected chi connectivity index (χ3v) is 9.82. The molecule has 0 spiro atoms. The molecule has 1 saturated heterocycles. The zero-order chi connectivity index (χ0) is 14.9. The van der Waals surface area contributed by atoms with Gasteiger partial charge in [-0.15, -0.1) is 0 Å². The fourth-order valence-corrected chi connectivity index (χ4v) is 7.04. The minimum Gasteiger partial charge on any atom is -0.373 e. The van der Waals surface area contributed by atoms with Gasteiger partial charge in [0.1, 0.15) is 0 Å². The number of hydrogen-bond acceptors (Lipinski definition) is 1. The summed E-state index contributed by atoms with van der Waals surface area (Å²) in [5, 5.41) is 0. The maximum Gasteiger partial charge on any atom is 0.0708 e. The highest BCUT2D eigenvalue weighted by atomic mass is 16.5. The molecule has 1 heteroatoms. The van der Waals surface area contributed by atoms with Crippen molar-refractivity contribution in [2.75, 3.05) is 0 Å². The van der Waals surface area contributed by atoms with E-state index in [-0.39, 0.29) is 16.2 Å². The van der Waals surface area contributed by atoms with Crippen molar-refractivity contribution in [3.05, 3.63) is 0 Å². The van der Waals surface area contributed by atoms with Gasteiger partial charge in [0.05, 0.1) is 12.2 Å². The number of rotatable bonds is 0. The zero-order valence-corrected chi connectivity index (χ0v) is 14.6. The van der Waals surface area contributed by atoms with Crippen LogP contribution in [-0.2, 0) is 4.74 Å². The Labute approximate surface area is 119 Å². The lowest BCUT2D eigenvalue weighted by molar-refractivity contribution is -0.0673. The molecule has 2 aliphatic carbocycles. The van der Waals surface area contributed by atoms with E-state index in [2.05, 4.69) is 69.2 Å². The van der Waals surface area contributed by atoms with Crippen molar-refractivity contribution in [3.63, 3.8) is 0 Å². The molecule has 0 aromatic rings. The minimum absolute atomic E-state index is 0.233. The Bertz CT molecular complexity index is 460. The van der Waals surface area contributed by atoms with E-state index >= 15 is 0 Å². The Morgan fingerprint density at radius 2 is 1.11 bits per heavy atom. The molecule has 0 aromatic carbocycles. The largest absolute Gasteiger partial charge is 0.373 e. The summed E-state index contributed by atoms with van der Waals surface area (Å²) in [7, 11) is 0. The van der Waals surface area contributed by atoms with Crippen LogP contribution >= 0.6 is 0 Å². The Balaban J connectivity index is 2.27. The van der Waals surface area contributed by atoms with Crippen molar-refractivity contribution < 1.29 is 4.74 Å². The maximum absolute atomic E-state index is 6.60. The summed E-state index contributed by atoms with van der Waals surface area (Å²) in [6.45, 7) is 24.5. The van der Waals surface area contributed by atoms with Crippen LogP contribution < -0.4 is 0 Å². The molecule has 1 unspecified atom stereocenters. The highest BCUT2D eigenvalue weighted by Gasteiger charge is 2.95. The first-order valence-electron chi connectivity index (χ1n) is 7.91. The molecule has 3 rings (SSSR count). The van der Waals surface area contributed by atoms with Gasteiger partial charge in [-0.3, -0.25) is 0 Å². The van der Waals surface area contributed by atoms with Gasteiger partial charge in [-0.2, -0.15) is 0 Å². The Morgan fingerprint density at radius 3 is 1.58 bits per heavy atom. The molecular weight excluding hydrogens is 232 g/mol. The van der Waals surface area contributed by atoms with Crippen LogP contribution in [-0.4, -0.2) is 12.2 Å². The summed E-state index contributed by atoms with van der Waals surface area (Å²) in [6.07, 6.45) is 0.736. The maximum atomic E-state index is 6.60. The lowest BCUT2D eigenvalue weighted by Gasteiger charge is -2.53. The molecule has 0 aromatic heterocycles. The molecule has 3 fully saturated rings. The van der Waals surface area contributed by atoms with Gasteiger partial charge >= 0.3 is 0 Å². The van der Waals surface area contributed by atoms with Crippen LogP contribution in [0, 0.1) is 32.5 Å². The van der Waals surface area contributed by atoms with E-state index in [0.29, 0.717) is 28.5 Å². The van der Waals surface area contributed by atoms with Gasteiger partial charge in [0, 0.05) is 10.8 Å². The predicted octanol–water partition coefficient (Wildman–Crippen LogP) is 4.90. The average Bonchev–Trinajstić information content (AvgIpc) is 2.46.